The summed E-state index contributed by atoms with van der Waals surface area (Å²) in [5.41, 5.74) is 2.15. The van der Waals surface area contributed by atoms with Crippen molar-refractivity contribution in [3.8, 4) is 11.5 Å². The predicted octanol–water partition coefficient (Wildman–Crippen LogP) is 3.64. The Balaban J connectivity index is 1.67. The zero-order valence-corrected chi connectivity index (χ0v) is 18.5. The van der Waals surface area contributed by atoms with Gasteiger partial charge in [0.05, 0.1) is 19.7 Å². The number of aliphatic imine (C=N–C) groups is 1. The molecule has 1 atom stereocenters. The van der Waals surface area contributed by atoms with Crippen LogP contribution < -0.4 is 15.4 Å². The minimum absolute atomic E-state index is 0.0379. The molecule has 0 amide bonds. The molecule has 0 saturated carbocycles. The molecule has 1 unspecified atom stereocenters. The average Bonchev–Trinajstić information content (AvgIpc) is 3.30. The van der Waals surface area contributed by atoms with Gasteiger partial charge in [-0.3, -0.25) is 9.67 Å². The maximum Gasteiger partial charge on any atom is 0.191 e. The maximum absolute atomic E-state index is 9.74. The summed E-state index contributed by atoms with van der Waals surface area (Å²) in [5, 5.41) is 21.5. The summed E-state index contributed by atoms with van der Waals surface area (Å²) in [6.45, 7) is 4.00. The average molecular weight is 442 g/mol. The summed E-state index contributed by atoms with van der Waals surface area (Å²) >= 11 is 6.05. The van der Waals surface area contributed by atoms with Crippen molar-refractivity contribution in [2.24, 2.45) is 4.99 Å². The molecule has 8 heteroatoms. The van der Waals surface area contributed by atoms with Crippen LogP contribution in [0.2, 0.25) is 5.02 Å². The minimum Gasteiger partial charge on any atom is -0.504 e. The van der Waals surface area contributed by atoms with Gasteiger partial charge in [-0.15, -0.1) is 0 Å². The Hall–Kier alpha value is -3.19. The summed E-state index contributed by atoms with van der Waals surface area (Å²) in [4.78, 5) is 4.78. The predicted molar refractivity (Wildman–Crippen MR) is 124 cm³/mol. The molecule has 3 aromatic rings. The second-order valence-corrected chi connectivity index (χ2v) is 7.39. The largest absolute Gasteiger partial charge is 0.504 e. The lowest BCUT2D eigenvalue weighted by atomic mass is 10.1. The van der Waals surface area contributed by atoms with Crippen LogP contribution in [0.5, 0.6) is 11.5 Å². The number of guanidine groups is 1. The van der Waals surface area contributed by atoms with Gasteiger partial charge in [0.15, 0.2) is 17.5 Å². The van der Waals surface area contributed by atoms with Crippen LogP contribution in [0.4, 0.5) is 0 Å². The molecule has 3 N–H and O–H groups in total. The van der Waals surface area contributed by atoms with Crippen LogP contribution in [-0.4, -0.2) is 47.6 Å². The molecule has 0 aliphatic rings. The van der Waals surface area contributed by atoms with Crippen molar-refractivity contribution in [2.75, 3.05) is 26.7 Å². The molecule has 0 spiro atoms. The Kier molecular flexibility index (Phi) is 8.18. The van der Waals surface area contributed by atoms with Crippen molar-refractivity contribution in [1.29, 1.82) is 0 Å². The van der Waals surface area contributed by atoms with Gasteiger partial charge in [0.2, 0.25) is 0 Å². The van der Waals surface area contributed by atoms with Crippen molar-refractivity contribution in [3.63, 3.8) is 0 Å². The van der Waals surface area contributed by atoms with Gasteiger partial charge in [0, 0.05) is 30.5 Å². The zero-order chi connectivity index (χ0) is 22.1. The highest BCUT2D eigenvalue weighted by Crippen LogP contribution is 2.26. The van der Waals surface area contributed by atoms with E-state index in [1.165, 1.54) is 0 Å². The van der Waals surface area contributed by atoms with Crippen LogP contribution in [0.15, 0.2) is 65.9 Å². The molecule has 0 aliphatic carbocycles. The number of phenols is 1. The van der Waals surface area contributed by atoms with E-state index in [2.05, 4.69) is 15.7 Å². The second kappa shape index (κ2) is 11.3. The van der Waals surface area contributed by atoms with E-state index in [1.807, 2.05) is 60.3 Å². The van der Waals surface area contributed by atoms with Crippen LogP contribution in [-0.2, 0) is 6.42 Å². The SMILES string of the molecule is CCNC(=NCC(c1ccc(Cl)cc1)n1cccn1)NCCc1ccc(O)c(OC)c1. The summed E-state index contributed by atoms with van der Waals surface area (Å²) in [6, 6.07) is 15.0. The fourth-order valence-electron chi connectivity index (χ4n) is 3.21. The fraction of sp³-hybridized carbons (Fsp3) is 0.304. The Morgan fingerprint density at radius 2 is 2.03 bits per heavy atom. The van der Waals surface area contributed by atoms with E-state index in [1.54, 1.807) is 19.4 Å². The highest BCUT2D eigenvalue weighted by Gasteiger charge is 2.14. The summed E-state index contributed by atoms with van der Waals surface area (Å²) in [5.74, 6) is 1.35. The number of nitrogens with one attached hydrogen (secondary N) is 2. The lowest BCUT2D eigenvalue weighted by Crippen LogP contribution is -2.38. The summed E-state index contributed by atoms with van der Waals surface area (Å²) < 4.78 is 7.08. The quantitative estimate of drug-likeness (QED) is 0.349. The van der Waals surface area contributed by atoms with Gasteiger partial charge in [-0.2, -0.15) is 5.10 Å². The van der Waals surface area contributed by atoms with Crippen LogP contribution in [0, 0.1) is 0 Å². The number of hydrogen-bond donors (Lipinski definition) is 3. The van der Waals surface area contributed by atoms with Gasteiger partial charge in [-0.25, -0.2) is 0 Å². The molecular formula is C23H28ClN5O2. The normalized spacial score (nSPS) is 12.4. The zero-order valence-electron chi connectivity index (χ0n) is 17.8. The molecule has 3 rings (SSSR count). The molecule has 2 aromatic carbocycles. The third-order valence-corrected chi connectivity index (χ3v) is 5.07. The highest BCUT2D eigenvalue weighted by molar-refractivity contribution is 6.30. The van der Waals surface area contributed by atoms with Gasteiger partial charge in [0.1, 0.15) is 0 Å². The highest BCUT2D eigenvalue weighted by atomic mass is 35.5. The maximum atomic E-state index is 9.74. The third-order valence-electron chi connectivity index (χ3n) is 4.82. The number of benzene rings is 2. The Labute approximate surface area is 187 Å². The van der Waals surface area contributed by atoms with Crippen LogP contribution >= 0.6 is 11.6 Å². The first-order chi connectivity index (χ1) is 15.1. The van der Waals surface area contributed by atoms with E-state index in [0.29, 0.717) is 23.9 Å². The van der Waals surface area contributed by atoms with Crippen molar-refractivity contribution in [3.05, 3.63) is 77.1 Å². The summed E-state index contributed by atoms with van der Waals surface area (Å²) in [6.07, 6.45) is 4.47. The standard InChI is InChI=1S/C23H28ClN5O2/c1-3-25-23(26-13-11-17-5-10-21(30)22(15-17)31-2)27-16-20(29-14-4-12-28-29)18-6-8-19(24)9-7-18/h4-10,12,14-15,20,30H,3,11,13,16H2,1-2H3,(H2,25,26,27). The topological polar surface area (TPSA) is 83.7 Å². The van der Waals surface area contributed by atoms with E-state index in [4.69, 9.17) is 21.3 Å². The molecule has 1 heterocycles. The first-order valence-corrected chi connectivity index (χ1v) is 10.6. The smallest absolute Gasteiger partial charge is 0.191 e. The molecule has 1 aromatic heterocycles. The molecule has 164 valence electrons. The first kappa shape index (κ1) is 22.5. The van der Waals surface area contributed by atoms with Gasteiger partial charge in [-0.1, -0.05) is 29.8 Å². The van der Waals surface area contributed by atoms with E-state index in [9.17, 15) is 5.11 Å². The van der Waals surface area contributed by atoms with Gasteiger partial charge in [0.25, 0.3) is 0 Å². The van der Waals surface area contributed by atoms with Gasteiger partial charge < -0.3 is 20.5 Å². The molecule has 0 radical (unpaired) electrons. The number of nitrogens with zero attached hydrogens (tertiary/aromatic N) is 3. The molecule has 31 heavy (non-hydrogen) atoms. The van der Waals surface area contributed by atoms with Crippen LogP contribution in [0.3, 0.4) is 0 Å². The number of rotatable bonds is 9. The Bertz CT molecular complexity index is 974. The molecule has 0 fully saturated rings. The number of phenolic OH excluding ortho intramolecular Hbond substituents is 1. The number of hydrogen-bond acceptors (Lipinski definition) is 4. The molecule has 7 nitrogen and oxygen atoms in total. The Morgan fingerprint density at radius 3 is 2.71 bits per heavy atom. The number of halogens is 1. The summed E-state index contributed by atoms with van der Waals surface area (Å²) in [7, 11) is 1.55. The minimum atomic E-state index is -0.0379. The monoisotopic (exact) mass is 441 g/mol. The van der Waals surface area contributed by atoms with Crippen LogP contribution in [0.25, 0.3) is 0 Å². The van der Waals surface area contributed by atoms with Crippen molar-refractivity contribution in [1.82, 2.24) is 20.4 Å². The van der Waals surface area contributed by atoms with Crippen molar-refractivity contribution < 1.29 is 9.84 Å². The van der Waals surface area contributed by atoms with E-state index in [0.717, 1.165) is 30.1 Å². The number of aromatic nitrogens is 2. The number of methoxy groups -OCH3 is 1. The van der Waals surface area contributed by atoms with Gasteiger partial charge >= 0.3 is 0 Å². The van der Waals surface area contributed by atoms with E-state index in [-0.39, 0.29) is 11.8 Å². The second-order valence-electron chi connectivity index (χ2n) is 6.96. The van der Waals surface area contributed by atoms with Crippen molar-refractivity contribution in [2.45, 2.75) is 19.4 Å². The van der Waals surface area contributed by atoms with E-state index >= 15 is 0 Å². The third kappa shape index (κ3) is 6.39. The first-order valence-electron chi connectivity index (χ1n) is 10.2. The Morgan fingerprint density at radius 1 is 1.23 bits per heavy atom. The van der Waals surface area contributed by atoms with E-state index < -0.39 is 0 Å². The van der Waals surface area contributed by atoms with Gasteiger partial charge in [-0.05, 0) is 54.8 Å². The number of aromatic hydroxyl groups is 1. The lowest BCUT2D eigenvalue weighted by Gasteiger charge is -2.18. The number of ether oxygens (including phenoxy) is 1. The molecule has 0 aliphatic heterocycles. The molecular weight excluding hydrogens is 414 g/mol. The molecule has 0 saturated heterocycles. The van der Waals surface area contributed by atoms with Crippen molar-refractivity contribution >= 4 is 17.6 Å². The molecule has 0 bridgehead atoms. The van der Waals surface area contributed by atoms with Crippen LogP contribution in [0.1, 0.15) is 24.1 Å². The fourth-order valence-corrected chi connectivity index (χ4v) is 3.34. The lowest BCUT2D eigenvalue weighted by molar-refractivity contribution is 0.373.